The van der Waals surface area contributed by atoms with E-state index in [1.165, 1.54) is 0 Å². The summed E-state index contributed by atoms with van der Waals surface area (Å²) in [6.07, 6.45) is 0.222. The number of phenols is 1. The molecule has 0 saturated carbocycles. The van der Waals surface area contributed by atoms with Crippen molar-refractivity contribution in [1.82, 2.24) is 0 Å². The van der Waals surface area contributed by atoms with E-state index in [1.807, 2.05) is 30.3 Å². The molecule has 0 spiro atoms. The highest BCUT2D eigenvalue weighted by Gasteiger charge is 1.95. The minimum Gasteiger partial charge on any atom is -0.508 e. The van der Waals surface area contributed by atoms with Crippen molar-refractivity contribution in [2.24, 2.45) is 0 Å². The first-order valence-electron chi connectivity index (χ1n) is 5.85. The van der Waals surface area contributed by atoms with E-state index in [4.69, 9.17) is 14.9 Å². The lowest BCUT2D eigenvalue weighted by Gasteiger charge is -2.04. The average Bonchev–Trinajstić information content (AvgIpc) is 2.43. The molecule has 0 atom stereocenters. The monoisotopic (exact) mass is 260 g/mol. The second-order valence-corrected chi connectivity index (χ2v) is 3.66. The van der Waals surface area contributed by atoms with Crippen molar-refractivity contribution in [2.75, 3.05) is 0 Å². The highest BCUT2D eigenvalue weighted by Crippen LogP contribution is 2.22. The third-order valence-corrected chi connectivity index (χ3v) is 2.12. The quantitative estimate of drug-likeness (QED) is 0.883. The topological polar surface area (TPSA) is 66.8 Å². The van der Waals surface area contributed by atoms with Gasteiger partial charge < -0.3 is 14.9 Å². The molecule has 2 rings (SSSR count). The smallest absolute Gasteiger partial charge is 0.303 e. The van der Waals surface area contributed by atoms with Crippen LogP contribution in [0.25, 0.3) is 0 Å². The Morgan fingerprint density at radius 3 is 1.95 bits per heavy atom. The third-order valence-electron chi connectivity index (χ3n) is 2.12. The molecule has 0 radical (unpaired) electrons. The van der Waals surface area contributed by atoms with Gasteiger partial charge in [-0.15, -0.1) is 0 Å². The Morgan fingerprint density at radius 2 is 1.47 bits per heavy atom. The van der Waals surface area contributed by atoms with E-state index < -0.39 is 5.97 Å². The summed E-state index contributed by atoms with van der Waals surface area (Å²) in [5.41, 5.74) is 0. The molecule has 2 aromatic rings. The van der Waals surface area contributed by atoms with Crippen LogP contribution in [0.4, 0.5) is 0 Å². The van der Waals surface area contributed by atoms with Crippen LogP contribution < -0.4 is 4.74 Å². The van der Waals surface area contributed by atoms with E-state index in [0.717, 1.165) is 5.75 Å². The van der Waals surface area contributed by atoms with Gasteiger partial charge in [0.2, 0.25) is 0 Å². The van der Waals surface area contributed by atoms with Crippen molar-refractivity contribution < 1.29 is 19.7 Å². The molecule has 100 valence electrons. The van der Waals surface area contributed by atoms with Gasteiger partial charge in [0.25, 0.3) is 0 Å². The molecule has 0 heterocycles. The fraction of sp³-hybridized carbons (Fsp3) is 0.133. The van der Waals surface area contributed by atoms with Gasteiger partial charge in [0.05, 0.1) is 0 Å². The lowest BCUT2D eigenvalue weighted by Crippen LogP contribution is -1.86. The Kier molecular flexibility index (Phi) is 5.95. The number of phenolic OH excluding ortho intramolecular Hbond substituents is 1. The van der Waals surface area contributed by atoms with Crippen LogP contribution in [0.2, 0.25) is 0 Å². The molecule has 4 heteroatoms. The van der Waals surface area contributed by atoms with Gasteiger partial charge in [-0.1, -0.05) is 25.1 Å². The van der Waals surface area contributed by atoms with Gasteiger partial charge in [0.1, 0.15) is 17.2 Å². The SMILES string of the molecule is CCC(=O)O.Oc1ccc(Oc2ccccc2)cc1. The summed E-state index contributed by atoms with van der Waals surface area (Å²) < 4.78 is 5.52. The van der Waals surface area contributed by atoms with Gasteiger partial charge in [-0.3, -0.25) is 4.79 Å². The normalized spacial score (nSPS) is 9.11. The van der Waals surface area contributed by atoms with Crippen molar-refractivity contribution in [3.63, 3.8) is 0 Å². The highest BCUT2D eigenvalue weighted by molar-refractivity contribution is 5.66. The van der Waals surface area contributed by atoms with Gasteiger partial charge in [0, 0.05) is 6.42 Å². The summed E-state index contributed by atoms with van der Waals surface area (Å²) in [6.45, 7) is 1.60. The molecule has 19 heavy (non-hydrogen) atoms. The van der Waals surface area contributed by atoms with Crippen molar-refractivity contribution in [3.8, 4) is 17.2 Å². The molecule has 0 aliphatic rings. The molecule has 0 bridgehead atoms. The van der Waals surface area contributed by atoms with E-state index in [1.54, 1.807) is 31.2 Å². The number of rotatable bonds is 3. The molecule has 0 saturated heterocycles. The first-order chi connectivity index (χ1) is 9.11. The Hall–Kier alpha value is -2.49. The molecule has 0 aliphatic heterocycles. The second-order valence-electron chi connectivity index (χ2n) is 3.66. The van der Waals surface area contributed by atoms with Gasteiger partial charge >= 0.3 is 5.97 Å². The van der Waals surface area contributed by atoms with E-state index in [0.29, 0.717) is 5.75 Å². The highest BCUT2D eigenvalue weighted by atomic mass is 16.5. The van der Waals surface area contributed by atoms with Crippen LogP contribution in [0.15, 0.2) is 54.6 Å². The summed E-state index contributed by atoms with van der Waals surface area (Å²) in [6, 6.07) is 16.2. The van der Waals surface area contributed by atoms with Crippen molar-refractivity contribution in [1.29, 1.82) is 0 Å². The number of aromatic hydroxyl groups is 1. The summed E-state index contributed by atoms with van der Waals surface area (Å²) in [5.74, 6) is 1.00. The minimum atomic E-state index is -0.745. The van der Waals surface area contributed by atoms with Crippen molar-refractivity contribution >= 4 is 5.97 Å². The Morgan fingerprint density at radius 1 is 1.00 bits per heavy atom. The summed E-state index contributed by atoms with van der Waals surface area (Å²) in [5, 5.41) is 16.8. The Labute approximate surface area is 111 Å². The predicted molar refractivity (Wildman–Crippen MR) is 72.5 cm³/mol. The van der Waals surface area contributed by atoms with Crippen LogP contribution in [0.5, 0.6) is 17.2 Å². The number of ether oxygens (including phenoxy) is 1. The first kappa shape index (κ1) is 14.6. The Bertz CT molecular complexity index is 491. The van der Waals surface area contributed by atoms with Crippen LogP contribution in [0.3, 0.4) is 0 Å². The summed E-state index contributed by atoms with van der Waals surface area (Å²) in [7, 11) is 0. The number of hydrogen-bond donors (Lipinski definition) is 2. The van der Waals surface area contributed by atoms with Gasteiger partial charge in [-0.2, -0.15) is 0 Å². The van der Waals surface area contributed by atoms with Crippen LogP contribution in [0, 0.1) is 0 Å². The van der Waals surface area contributed by atoms with E-state index in [2.05, 4.69) is 0 Å². The molecule has 2 aromatic carbocycles. The van der Waals surface area contributed by atoms with Crippen molar-refractivity contribution in [3.05, 3.63) is 54.6 Å². The van der Waals surface area contributed by atoms with Crippen LogP contribution >= 0.6 is 0 Å². The van der Waals surface area contributed by atoms with E-state index >= 15 is 0 Å². The molecule has 0 unspecified atom stereocenters. The molecule has 0 fully saturated rings. The first-order valence-corrected chi connectivity index (χ1v) is 5.85. The van der Waals surface area contributed by atoms with E-state index in [-0.39, 0.29) is 12.2 Å². The third kappa shape index (κ3) is 6.12. The second kappa shape index (κ2) is 7.76. The fourth-order valence-electron chi connectivity index (χ4n) is 1.14. The molecular formula is C15H16O4. The van der Waals surface area contributed by atoms with Crippen molar-refractivity contribution in [2.45, 2.75) is 13.3 Å². The number of carboxylic acid groups (broad SMARTS) is 1. The minimum absolute atomic E-state index is 0.222. The summed E-state index contributed by atoms with van der Waals surface area (Å²) >= 11 is 0. The zero-order chi connectivity index (χ0) is 14.1. The number of carboxylic acids is 1. The number of benzene rings is 2. The molecule has 2 N–H and O–H groups in total. The number of hydrogen-bond acceptors (Lipinski definition) is 3. The summed E-state index contributed by atoms with van der Waals surface area (Å²) in [4.78, 5) is 9.37. The maximum atomic E-state index is 9.37. The lowest BCUT2D eigenvalue weighted by atomic mass is 10.3. The van der Waals surface area contributed by atoms with E-state index in [9.17, 15) is 4.79 Å². The Balaban J connectivity index is 0.000000312. The number of aliphatic carboxylic acids is 1. The lowest BCUT2D eigenvalue weighted by molar-refractivity contribution is -0.136. The molecule has 0 aliphatic carbocycles. The largest absolute Gasteiger partial charge is 0.508 e. The molecule has 4 nitrogen and oxygen atoms in total. The van der Waals surface area contributed by atoms with Crippen LogP contribution in [0.1, 0.15) is 13.3 Å². The predicted octanol–water partition coefficient (Wildman–Crippen LogP) is 3.67. The van der Waals surface area contributed by atoms with Crippen LogP contribution in [-0.4, -0.2) is 16.2 Å². The zero-order valence-corrected chi connectivity index (χ0v) is 10.6. The molecule has 0 amide bonds. The van der Waals surface area contributed by atoms with Gasteiger partial charge in [-0.05, 0) is 36.4 Å². The fourth-order valence-corrected chi connectivity index (χ4v) is 1.14. The maximum absolute atomic E-state index is 9.37. The van der Waals surface area contributed by atoms with Gasteiger partial charge in [0.15, 0.2) is 0 Å². The standard InChI is InChI=1S/C12H10O2.C3H6O2/c13-10-6-8-12(9-7-10)14-11-4-2-1-3-5-11;1-2-3(4)5/h1-9,13H;2H2,1H3,(H,4,5). The molecule has 0 aromatic heterocycles. The van der Waals surface area contributed by atoms with Crippen LogP contribution in [-0.2, 0) is 4.79 Å². The van der Waals surface area contributed by atoms with Gasteiger partial charge in [-0.25, -0.2) is 0 Å². The zero-order valence-electron chi connectivity index (χ0n) is 10.6. The maximum Gasteiger partial charge on any atom is 0.303 e. The number of carbonyl (C=O) groups is 1. The molecular weight excluding hydrogens is 244 g/mol. The number of para-hydroxylation sites is 1. The average molecular weight is 260 g/mol.